The second-order valence-electron chi connectivity index (χ2n) is 14.0. The van der Waals surface area contributed by atoms with Crippen LogP contribution in [0.15, 0.2) is 174 Å². The highest BCUT2D eigenvalue weighted by Crippen LogP contribution is 2.43. The molecule has 5 heteroatoms. The van der Waals surface area contributed by atoms with E-state index in [2.05, 4.69) is 176 Å². The van der Waals surface area contributed by atoms with Crippen molar-refractivity contribution in [2.45, 2.75) is 0 Å². The van der Waals surface area contributed by atoms with E-state index in [9.17, 15) is 0 Å². The van der Waals surface area contributed by atoms with Crippen molar-refractivity contribution >= 4 is 93.0 Å². The second kappa shape index (κ2) is 10.7. The lowest BCUT2D eigenvalue weighted by Crippen LogP contribution is -1.99. The summed E-state index contributed by atoms with van der Waals surface area (Å²) < 4.78 is 14.0. The largest absolute Gasteiger partial charge is 0.454 e. The first kappa shape index (κ1) is 29.1. The fourth-order valence-corrected chi connectivity index (χ4v) is 8.96. The molecule has 0 amide bonds. The van der Waals surface area contributed by atoms with Crippen LogP contribution < -0.4 is 0 Å². The van der Waals surface area contributed by atoms with Crippen LogP contribution in [0.25, 0.3) is 109 Å². The molecule has 0 fully saturated rings. The van der Waals surface area contributed by atoms with Crippen LogP contribution >= 0.6 is 0 Å². The number of hydrogen-bond acceptors (Lipinski definition) is 1. The maximum atomic E-state index is 7.67. The van der Waals surface area contributed by atoms with E-state index in [-0.39, 0.29) is 0 Å². The van der Waals surface area contributed by atoms with Crippen LogP contribution in [-0.2, 0) is 0 Å². The standard InChI is InChI=1S/C49H28N4O/c1-50-30-22-24-46-38(26-30)37-16-6-9-19-43(37)51(46)31-23-25-48-39(27-31)40-28-32(52-41-17-7-2-12-33(41)34-13-3-8-18-42(34)52)29-47(49(40)54-48)53-44-20-10-4-14-35(44)36-15-5-11-21-45(36)53/h2-29H. The molecule has 4 heterocycles. The van der Waals surface area contributed by atoms with Crippen LogP contribution in [-0.4, -0.2) is 13.7 Å². The molecular formula is C49H28N4O. The molecule has 0 radical (unpaired) electrons. The van der Waals surface area contributed by atoms with Crippen molar-refractivity contribution in [2.24, 2.45) is 0 Å². The fourth-order valence-electron chi connectivity index (χ4n) is 8.96. The lowest BCUT2D eigenvalue weighted by atomic mass is 10.1. The average molecular weight is 689 g/mol. The van der Waals surface area contributed by atoms with E-state index in [1.54, 1.807) is 0 Å². The minimum atomic E-state index is 0.636. The summed E-state index contributed by atoms with van der Waals surface area (Å²) in [6.07, 6.45) is 0. The van der Waals surface area contributed by atoms with E-state index in [0.29, 0.717) is 5.69 Å². The summed E-state index contributed by atoms with van der Waals surface area (Å²) in [6, 6.07) is 60.2. The molecule has 0 bridgehead atoms. The first-order valence-corrected chi connectivity index (χ1v) is 18.1. The third-order valence-corrected chi connectivity index (χ3v) is 11.2. The van der Waals surface area contributed by atoms with Gasteiger partial charge in [-0.1, -0.05) is 97.1 Å². The maximum absolute atomic E-state index is 7.67. The van der Waals surface area contributed by atoms with Crippen LogP contribution in [0.1, 0.15) is 0 Å². The number of benzene rings is 8. The van der Waals surface area contributed by atoms with Crippen LogP contribution in [0.4, 0.5) is 5.69 Å². The molecule has 250 valence electrons. The molecule has 0 N–H and O–H groups in total. The second-order valence-corrected chi connectivity index (χ2v) is 14.0. The number of para-hydroxylation sites is 5. The summed E-state index contributed by atoms with van der Waals surface area (Å²) in [4.78, 5) is 3.74. The molecule has 4 aromatic heterocycles. The monoisotopic (exact) mass is 688 g/mol. The van der Waals surface area contributed by atoms with E-state index in [1.807, 2.05) is 12.1 Å². The third-order valence-electron chi connectivity index (χ3n) is 11.2. The Morgan fingerprint density at radius 1 is 0.370 bits per heavy atom. The lowest BCUT2D eigenvalue weighted by Gasteiger charge is -2.14. The van der Waals surface area contributed by atoms with Gasteiger partial charge in [0.1, 0.15) is 5.58 Å². The van der Waals surface area contributed by atoms with Gasteiger partial charge in [-0.2, -0.15) is 0 Å². The van der Waals surface area contributed by atoms with Crippen LogP contribution in [0, 0.1) is 6.57 Å². The SMILES string of the molecule is [C-]#[N+]c1ccc2c(c1)c1ccccc1n2-c1ccc2oc3c(-n4c5ccccc5c5ccccc54)cc(-n4c5ccccc5c5ccccc54)cc3c2c1. The molecule has 0 aliphatic carbocycles. The zero-order valence-corrected chi connectivity index (χ0v) is 28.9. The van der Waals surface area contributed by atoms with Crippen molar-refractivity contribution < 1.29 is 4.42 Å². The summed E-state index contributed by atoms with van der Waals surface area (Å²) in [7, 11) is 0. The highest BCUT2D eigenvalue weighted by atomic mass is 16.3. The van der Waals surface area contributed by atoms with Crippen molar-refractivity contribution in [3.8, 4) is 17.1 Å². The quantitative estimate of drug-likeness (QED) is 0.170. The first-order chi connectivity index (χ1) is 26.7. The molecule has 0 aliphatic heterocycles. The van der Waals surface area contributed by atoms with Crippen molar-refractivity contribution in [2.75, 3.05) is 0 Å². The summed E-state index contributed by atoms with van der Waals surface area (Å²) in [5.74, 6) is 0. The molecule has 0 aliphatic rings. The fraction of sp³-hybridized carbons (Fsp3) is 0. The van der Waals surface area contributed by atoms with Crippen molar-refractivity contribution in [3.05, 3.63) is 181 Å². The van der Waals surface area contributed by atoms with Gasteiger partial charge in [-0.05, 0) is 78.2 Å². The summed E-state index contributed by atoms with van der Waals surface area (Å²) >= 11 is 0. The van der Waals surface area contributed by atoms with Crippen LogP contribution in [0.5, 0.6) is 0 Å². The molecule has 12 aromatic rings. The van der Waals surface area contributed by atoms with Crippen molar-refractivity contribution in [3.63, 3.8) is 0 Å². The Kier molecular flexibility index (Phi) is 5.78. The predicted molar refractivity (Wildman–Crippen MR) is 223 cm³/mol. The molecule has 8 aromatic carbocycles. The molecule has 0 atom stereocenters. The number of fused-ring (bicyclic) bond motifs is 12. The molecule has 0 saturated carbocycles. The molecule has 0 saturated heterocycles. The Balaban J connectivity index is 1.22. The van der Waals surface area contributed by atoms with Crippen LogP contribution in [0.3, 0.4) is 0 Å². The molecule has 54 heavy (non-hydrogen) atoms. The van der Waals surface area contributed by atoms with Gasteiger partial charge in [0.25, 0.3) is 0 Å². The van der Waals surface area contributed by atoms with Gasteiger partial charge in [-0.25, -0.2) is 4.85 Å². The molecular weight excluding hydrogens is 661 g/mol. The zero-order chi connectivity index (χ0) is 35.5. The van der Waals surface area contributed by atoms with Gasteiger partial charge in [-0.15, -0.1) is 0 Å². The lowest BCUT2D eigenvalue weighted by molar-refractivity contribution is 0.666. The highest BCUT2D eigenvalue weighted by molar-refractivity contribution is 6.15. The van der Waals surface area contributed by atoms with Gasteiger partial charge < -0.3 is 18.1 Å². The number of nitrogens with zero attached hydrogens (tertiary/aromatic N) is 4. The summed E-state index contributed by atoms with van der Waals surface area (Å²) in [5, 5.41) is 9.12. The first-order valence-electron chi connectivity index (χ1n) is 18.1. The Bertz CT molecular complexity index is 3480. The molecule has 5 nitrogen and oxygen atoms in total. The third kappa shape index (κ3) is 3.86. The van der Waals surface area contributed by atoms with E-state index in [0.717, 1.165) is 82.9 Å². The molecule has 0 unspecified atom stereocenters. The van der Waals surface area contributed by atoms with E-state index in [4.69, 9.17) is 11.0 Å². The summed E-state index contributed by atoms with van der Waals surface area (Å²) in [5.41, 5.74) is 12.1. The minimum absolute atomic E-state index is 0.636. The van der Waals surface area contributed by atoms with E-state index < -0.39 is 0 Å². The van der Waals surface area contributed by atoms with Gasteiger partial charge in [-0.3, -0.25) is 0 Å². The van der Waals surface area contributed by atoms with Crippen LogP contribution in [0.2, 0.25) is 0 Å². The smallest absolute Gasteiger partial charge is 0.188 e. The van der Waals surface area contributed by atoms with Gasteiger partial charge in [0, 0.05) is 49.1 Å². The average Bonchev–Trinajstić information content (AvgIpc) is 3.96. The Morgan fingerprint density at radius 3 is 1.39 bits per heavy atom. The van der Waals surface area contributed by atoms with Gasteiger partial charge in [0.05, 0.1) is 45.4 Å². The molecule has 12 rings (SSSR count). The number of aromatic nitrogens is 3. The van der Waals surface area contributed by atoms with E-state index >= 15 is 0 Å². The maximum Gasteiger partial charge on any atom is 0.188 e. The summed E-state index contributed by atoms with van der Waals surface area (Å²) in [6.45, 7) is 7.67. The predicted octanol–water partition coefficient (Wildman–Crippen LogP) is 13.4. The normalized spacial score (nSPS) is 12.1. The highest BCUT2D eigenvalue weighted by Gasteiger charge is 2.22. The number of rotatable bonds is 3. The Labute approximate surface area is 308 Å². The Morgan fingerprint density at radius 2 is 0.833 bits per heavy atom. The minimum Gasteiger partial charge on any atom is -0.454 e. The molecule has 0 spiro atoms. The van der Waals surface area contributed by atoms with Gasteiger partial charge >= 0.3 is 0 Å². The Hall–Kier alpha value is -7.55. The van der Waals surface area contributed by atoms with Crippen molar-refractivity contribution in [1.82, 2.24) is 13.7 Å². The van der Waals surface area contributed by atoms with Gasteiger partial charge in [0.2, 0.25) is 0 Å². The zero-order valence-electron chi connectivity index (χ0n) is 28.9. The number of furan rings is 1. The number of hydrogen-bond donors (Lipinski definition) is 0. The van der Waals surface area contributed by atoms with Crippen molar-refractivity contribution in [1.29, 1.82) is 0 Å². The topological polar surface area (TPSA) is 32.3 Å². The van der Waals surface area contributed by atoms with Gasteiger partial charge in [0.15, 0.2) is 11.3 Å². The van der Waals surface area contributed by atoms with E-state index in [1.165, 1.54) is 21.5 Å².